The van der Waals surface area contributed by atoms with Crippen molar-refractivity contribution >= 4 is 12.4 Å². The van der Waals surface area contributed by atoms with Crippen LogP contribution >= 0.6 is 12.4 Å². The molecule has 0 heterocycles. The summed E-state index contributed by atoms with van der Waals surface area (Å²) in [4.78, 5) is 0. The maximum absolute atomic E-state index is 8.06. The first-order valence-corrected chi connectivity index (χ1v) is 4.24. The van der Waals surface area contributed by atoms with Crippen LogP contribution in [-0.4, -0.2) is 33.6 Å². The average molecular weight is 217 g/mol. The Bertz CT molecular complexity index is 43.4. The van der Waals surface area contributed by atoms with Crippen LogP contribution in [0.25, 0.3) is 0 Å². The Balaban J connectivity index is -0.0000000450. The second kappa shape index (κ2) is 18.1. The molecule has 13 heavy (non-hydrogen) atoms. The van der Waals surface area contributed by atoms with Crippen molar-refractivity contribution in [1.29, 1.82) is 0 Å². The molecule has 0 atom stereocenters. The van der Waals surface area contributed by atoms with E-state index in [0.29, 0.717) is 0 Å². The van der Waals surface area contributed by atoms with Crippen molar-refractivity contribution < 1.29 is 15.3 Å². The van der Waals surface area contributed by atoms with Crippen LogP contribution < -0.4 is 0 Å². The topological polar surface area (TPSA) is 60.7 Å². The number of hydrogen-bond donors (Lipinski definition) is 3. The van der Waals surface area contributed by atoms with Gasteiger partial charge in [-0.3, -0.25) is 0 Å². The van der Waals surface area contributed by atoms with Gasteiger partial charge >= 0.3 is 0 Å². The number of aliphatic hydroxyl groups is 3. The molecule has 0 saturated heterocycles. The average Bonchev–Trinajstić information content (AvgIpc) is 1.54. The first kappa shape index (κ1) is 23.2. The number of aliphatic hydroxyl groups excluding tert-OH is 3. The lowest BCUT2D eigenvalue weighted by molar-refractivity contribution is 0.215. The molecular weight excluding hydrogens is 192 g/mol. The minimum absolute atomic E-state index is 0. The van der Waals surface area contributed by atoms with Gasteiger partial charge in [-0.1, -0.05) is 0 Å². The SMILES string of the molecule is CC(C)O.CC(C)O.CC(C)O.Cl. The van der Waals surface area contributed by atoms with Gasteiger partial charge in [-0.2, -0.15) is 0 Å². The maximum atomic E-state index is 8.06. The molecule has 0 rings (SSSR count). The molecule has 0 aromatic heterocycles. The maximum Gasteiger partial charge on any atom is 0.0483 e. The molecule has 0 fully saturated rings. The Hall–Kier alpha value is 0.170. The third kappa shape index (κ3) is 43600. The van der Waals surface area contributed by atoms with Gasteiger partial charge in [-0.05, 0) is 41.5 Å². The smallest absolute Gasteiger partial charge is 0.0483 e. The van der Waals surface area contributed by atoms with Gasteiger partial charge in [-0.15, -0.1) is 12.4 Å². The third-order valence-electron chi connectivity index (χ3n) is 0. The van der Waals surface area contributed by atoms with Crippen molar-refractivity contribution in [3.05, 3.63) is 0 Å². The van der Waals surface area contributed by atoms with Crippen LogP contribution in [0.5, 0.6) is 0 Å². The minimum Gasteiger partial charge on any atom is -0.394 e. The van der Waals surface area contributed by atoms with Crippen molar-refractivity contribution in [2.45, 2.75) is 59.9 Å². The summed E-state index contributed by atoms with van der Waals surface area (Å²) in [6.07, 6.45) is -0.500. The molecule has 0 unspecified atom stereocenters. The normalized spacial score (nSPS) is 8.31. The Morgan fingerprint density at radius 3 is 0.538 bits per heavy atom. The van der Waals surface area contributed by atoms with Crippen molar-refractivity contribution in [3.63, 3.8) is 0 Å². The fourth-order valence-electron chi connectivity index (χ4n) is 0. The van der Waals surface area contributed by atoms with Gasteiger partial charge in [0, 0.05) is 18.3 Å². The van der Waals surface area contributed by atoms with E-state index in [-0.39, 0.29) is 30.7 Å². The Morgan fingerprint density at radius 2 is 0.538 bits per heavy atom. The first-order chi connectivity index (χ1) is 5.20. The summed E-state index contributed by atoms with van der Waals surface area (Å²) in [5, 5.41) is 24.2. The van der Waals surface area contributed by atoms with E-state index in [2.05, 4.69) is 0 Å². The van der Waals surface area contributed by atoms with Gasteiger partial charge < -0.3 is 15.3 Å². The van der Waals surface area contributed by atoms with Crippen LogP contribution in [0.4, 0.5) is 0 Å². The molecule has 0 saturated carbocycles. The summed E-state index contributed by atoms with van der Waals surface area (Å²) in [5.41, 5.74) is 0. The van der Waals surface area contributed by atoms with E-state index < -0.39 is 0 Å². The highest BCUT2D eigenvalue weighted by molar-refractivity contribution is 5.85. The zero-order valence-corrected chi connectivity index (χ0v) is 10.3. The Labute approximate surface area is 88.2 Å². The van der Waals surface area contributed by atoms with Gasteiger partial charge in [0.15, 0.2) is 0 Å². The molecular formula is C9H25ClO3. The second-order valence-electron chi connectivity index (χ2n) is 3.28. The van der Waals surface area contributed by atoms with E-state index >= 15 is 0 Å². The number of hydrogen-bond acceptors (Lipinski definition) is 3. The van der Waals surface area contributed by atoms with Crippen LogP contribution in [0.2, 0.25) is 0 Å². The highest BCUT2D eigenvalue weighted by Gasteiger charge is 1.70. The van der Waals surface area contributed by atoms with Gasteiger partial charge in [-0.25, -0.2) is 0 Å². The summed E-state index contributed by atoms with van der Waals surface area (Å²) >= 11 is 0. The molecule has 3 N–H and O–H groups in total. The second-order valence-corrected chi connectivity index (χ2v) is 3.28. The zero-order chi connectivity index (χ0) is 10.7. The molecule has 0 radical (unpaired) electrons. The van der Waals surface area contributed by atoms with E-state index in [1.165, 1.54) is 0 Å². The van der Waals surface area contributed by atoms with Crippen LogP contribution in [0.3, 0.4) is 0 Å². The van der Waals surface area contributed by atoms with Crippen LogP contribution in [-0.2, 0) is 0 Å². The van der Waals surface area contributed by atoms with E-state index in [0.717, 1.165) is 0 Å². The lowest BCUT2D eigenvalue weighted by atomic mass is 10.5. The number of halogens is 1. The molecule has 0 aromatic carbocycles. The molecule has 0 aliphatic carbocycles. The fourth-order valence-corrected chi connectivity index (χ4v) is 0. The lowest BCUT2D eigenvalue weighted by Gasteiger charge is -1.80. The molecule has 86 valence electrons. The van der Waals surface area contributed by atoms with Crippen LogP contribution in [0, 0.1) is 0 Å². The highest BCUT2D eigenvalue weighted by Crippen LogP contribution is 1.65. The summed E-state index contributed by atoms with van der Waals surface area (Å²) in [6.45, 7) is 10.3. The molecule has 0 aromatic rings. The molecule has 4 heteroatoms. The van der Waals surface area contributed by atoms with Gasteiger partial charge in [0.1, 0.15) is 0 Å². The molecule has 0 spiro atoms. The lowest BCUT2D eigenvalue weighted by Crippen LogP contribution is -1.85. The summed E-state index contributed by atoms with van der Waals surface area (Å²) in [5.74, 6) is 0. The van der Waals surface area contributed by atoms with E-state index in [1.807, 2.05) is 0 Å². The van der Waals surface area contributed by atoms with E-state index in [9.17, 15) is 0 Å². The molecule has 0 aliphatic rings. The van der Waals surface area contributed by atoms with Crippen LogP contribution in [0.15, 0.2) is 0 Å². The molecule has 0 aliphatic heterocycles. The molecule has 0 amide bonds. The Kier molecular flexibility index (Phi) is 32.2. The Morgan fingerprint density at radius 1 is 0.538 bits per heavy atom. The fraction of sp³-hybridized carbons (Fsp3) is 1.00. The quantitative estimate of drug-likeness (QED) is 0.576. The standard InChI is InChI=1S/3C3H8O.ClH/c3*1-3(2)4;/h3*3-4H,1-2H3;1H. The number of rotatable bonds is 0. The van der Waals surface area contributed by atoms with Crippen molar-refractivity contribution in [1.82, 2.24) is 0 Å². The predicted octanol–water partition coefficient (Wildman–Crippen LogP) is 1.58. The van der Waals surface area contributed by atoms with Crippen LogP contribution in [0.1, 0.15) is 41.5 Å². The molecule has 0 bridgehead atoms. The minimum atomic E-state index is -0.167. The van der Waals surface area contributed by atoms with Crippen molar-refractivity contribution in [2.24, 2.45) is 0 Å². The first-order valence-electron chi connectivity index (χ1n) is 4.24. The highest BCUT2D eigenvalue weighted by atomic mass is 35.5. The zero-order valence-electron chi connectivity index (χ0n) is 9.48. The monoisotopic (exact) mass is 216 g/mol. The van der Waals surface area contributed by atoms with E-state index in [4.69, 9.17) is 15.3 Å². The largest absolute Gasteiger partial charge is 0.394 e. The van der Waals surface area contributed by atoms with Gasteiger partial charge in [0.05, 0.1) is 0 Å². The van der Waals surface area contributed by atoms with E-state index in [1.54, 1.807) is 41.5 Å². The summed E-state index contributed by atoms with van der Waals surface area (Å²) in [6, 6.07) is 0. The third-order valence-corrected chi connectivity index (χ3v) is 0. The summed E-state index contributed by atoms with van der Waals surface area (Å²) in [7, 11) is 0. The van der Waals surface area contributed by atoms with Crippen molar-refractivity contribution in [3.8, 4) is 0 Å². The summed E-state index contributed by atoms with van der Waals surface area (Å²) < 4.78 is 0. The van der Waals surface area contributed by atoms with Gasteiger partial charge in [0.25, 0.3) is 0 Å². The molecule has 3 nitrogen and oxygen atoms in total. The van der Waals surface area contributed by atoms with Crippen molar-refractivity contribution in [2.75, 3.05) is 0 Å². The predicted molar refractivity (Wildman–Crippen MR) is 59.3 cm³/mol. The van der Waals surface area contributed by atoms with Gasteiger partial charge in [0.2, 0.25) is 0 Å².